The van der Waals surface area contributed by atoms with Gasteiger partial charge < -0.3 is 19.3 Å². The van der Waals surface area contributed by atoms with E-state index < -0.39 is 0 Å². The van der Waals surface area contributed by atoms with Crippen LogP contribution < -0.4 is 0 Å². The number of piperidine rings is 1. The Morgan fingerprint density at radius 1 is 0.844 bits per heavy atom. The summed E-state index contributed by atoms with van der Waals surface area (Å²) in [5, 5.41) is 0. The van der Waals surface area contributed by atoms with E-state index in [9.17, 15) is 9.59 Å². The fourth-order valence-corrected chi connectivity index (χ4v) is 4.43. The fraction of sp³-hybridized carbons (Fsp3) is 0.462. The van der Waals surface area contributed by atoms with Gasteiger partial charge in [0.05, 0.1) is 19.3 Å². The Kier molecular flexibility index (Phi) is 7.55. The van der Waals surface area contributed by atoms with E-state index >= 15 is 0 Å². The van der Waals surface area contributed by atoms with Gasteiger partial charge in [-0.2, -0.15) is 0 Å². The smallest absolute Gasteiger partial charge is 0.254 e. The van der Waals surface area contributed by atoms with Gasteiger partial charge >= 0.3 is 0 Å². The molecule has 4 rings (SSSR count). The number of likely N-dealkylation sites (tertiary alicyclic amines) is 1. The highest BCUT2D eigenvalue weighted by molar-refractivity contribution is 5.95. The van der Waals surface area contributed by atoms with Crippen molar-refractivity contribution in [2.75, 3.05) is 46.5 Å². The molecule has 2 saturated heterocycles. The minimum absolute atomic E-state index is 0.0694. The molecule has 32 heavy (non-hydrogen) atoms. The number of hydrogen-bond acceptors (Lipinski definition) is 4. The summed E-state index contributed by atoms with van der Waals surface area (Å²) in [4.78, 5) is 29.5. The molecule has 0 aromatic heterocycles. The highest BCUT2D eigenvalue weighted by atomic mass is 16.5. The van der Waals surface area contributed by atoms with Crippen LogP contribution in [0.25, 0.3) is 0 Å². The second-order valence-electron chi connectivity index (χ2n) is 8.53. The minimum atomic E-state index is 0.0694. The highest BCUT2D eigenvalue weighted by Gasteiger charge is 2.23. The summed E-state index contributed by atoms with van der Waals surface area (Å²) in [6.07, 6.45) is 3.68. The Balaban J connectivity index is 1.36. The van der Waals surface area contributed by atoms with Gasteiger partial charge in [0.25, 0.3) is 11.8 Å². The molecule has 6 nitrogen and oxygen atoms in total. The van der Waals surface area contributed by atoms with E-state index in [-0.39, 0.29) is 17.9 Å². The molecule has 2 amide bonds. The molecule has 2 aromatic rings. The predicted octanol–water partition coefficient (Wildman–Crippen LogP) is 3.20. The van der Waals surface area contributed by atoms with Crippen LogP contribution in [0.2, 0.25) is 0 Å². The standard InChI is InChI=1S/C26H32N2O4/c1-31-24-10-12-27(13-11-24)25(29)22-6-2-4-20(18-22)8-9-21-5-3-7-23(19-21)26(30)28-14-16-32-17-15-28/h2-7,18-19,24H,8-17H2,1H3. The molecule has 0 spiro atoms. The summed E-state index contributed by atoms with van der Waals surface area (Å²) in [5.41, 5.74) is 3.73. The van der Waals surface area contributed by atoms with Crippen LogP contribution in [0.4, 0.5) is 0 Å². The average molecular weight is 437 g/mol. The van der Waals surface area contributed by atoms with Crippen molar-refractivity contribution >= 4 is 11.8 Å². The van der Waals surface area contributed by atoms with Crippen LogP contribution in [0.1, 0.15) is 44.7 Å². The first kappa shape index (κ1) is 22.5. The van der Waals surface area contributed by atoms with Gasteiger partial charge in [-0.1, -0.05) is 24.3 Å². The molecule has 2 aliphatic heterocycles. The highest BCUT2D eigenvalue weighted by Crippen LogP contribution is 2.18. The molecule has 2 aliphatic rings. The quantitative estimate of drug-likeness (QED) is 0.698. The number of benzene rings is 2. The number of ether oxygens (including phenoxy) is 2. The van der Waals surface area contributed by atoms with Crippen molar-refractivity contribution in [3.05, 3.63) is 70.8 Å². The lowest BCUT2D eigenvalue weighted by atomic mass is 10.00. The van der Waals surface area contributed by atoms with Crippen molar-refractivity contribution in [1.82, 2.24) is 9.80 Å². The van der Waals surface area contributed by atoms with Gasteiger partial charge in [0.2, 0.25) is 0 Å². The van der Waals surface area contributed by atoms with Crippen LogP contribution in [-0.2, 0) is 22.3 Å². The van der Waals surface area contributed by atoms with E-state index in [1.807, 2.05) is 46.2 Å². The molecule has 0 N–H and O–H groups in total. The predicted molar refractivity (Wildman–Crippen MR) is 123 cm³/mol. The number of methoxy groups -OCH3 is 1. The number of morpholine rings is 1. The third kappa shape index (κ3) is 5.56. The van der Waals surface area contributed by atoms with Gasteiger partial charge in [0, 0.05) is 44.4 Å². The number of amides is 2. The Morgan fingerprint density at radius 3 is 1.84 bits per heavy atom. The Labute approximate surface area is 190 Å². The van der Waals surface area contributed by atoms with Crippen LogP contribution in [0.5, 0.6) is 0 Å². The van der Waals surface area contributed by atoms with E-state index in [1.165, 1.54) is 0 Å². The zero-order valence-corrected chi connectivity index (χ0v) is 18.8. The summed E-state index contributed by atoms with van der Waals surface area (Å²) in [6, 6.07) is 15.8. The van der Waals surface area contributed by atoms with E-state index in [1.54, 1.807) is 7.11 Å². The Morgan fingerprint density at radius 2 is 1.34 bits per heavy atom. The van der Waals surface area contributed by atoms with Crippen molar-refractivity contribution < 1.29 is 19.1 Å². The third-order valence-corrected chi connectivity index (χ3v) is 6.41. The Bertz CT molecular complexity index is 931. The van der Waals surface area contributed by atoms with E-state index in [0.717, 1.165) is 61.0 Å². The minimum Gasteiger partial charge on any atom is -0.381 e. The Hall–Kier alpha value is -2.70. The van der Waals surface area contributed by atoms with Gasteiger partial charge in [0.1, 0.15) is 0 Å². The molecular weight excluding hydrogens is 404 g/mol. The summed E-state index contributed by atoms with van der Waals surface area (Å²) in [6.45, 7) is 3.98. The first-order valence-corrected chi connectivity index (χ1v) is 11.5. The van der Waals surface area contributed by atoms with Crippen LogP contribution in [0.3, 0.4) is 0 Å². The molecular formula is C26H32N2O4. The van der Waals surface area contributed by atoms with Gasteiger partial charge in [-0.15, -0.1) is 0 Å². The molecule has 2 heterocycles. The van der Waals surface area contributed by atoms with E-state index in [2.05, 4.69) is 12.1 Å². The van der Waals surface area contributed by atoms with Crippen molar-refractivity contribution in [2.24, 2.45) is 0 Å². The van der Waals surface area contributed by atoms with Crippen molar-refractivity contribution in [1.29, 1.82) is 0 Å². The number of hydrogen-bond donors (Lipinski definition) is 0. The molecule has 0 bridgehead atoms. The van der Waals surface area contributed by atoms with Gasteiger partial charge in [0.15, 0.2) is 0 Å². The van der Waals surface area contributed by atoms with E-state index in [4.69, 9.17) is 9.47 Å². The van der Waals surface area contributed by atoms with Gasteiger partial charge in [-0.25, -0.2) is 0 Å². The average Bonchev–Trinajstić information content (AvgIpc) is 2.87. The zero-order valence-electron chi connectivity index (χ0n) is 18.8. The van der Waals surface area contributed by atoms with Crippen LogP contribution in [0, 0.1) is 0 Å². The third-order valence-electron chi connectivity index (χ3n) is 6.41. The normalized spacial score (nSPS) is 17.4. The fourth-order valence-electron chi connectivity index (χ4n) is 4.43. The summed E-state index contributed by atoms with van der Waals surface area (Å²) >= 11 is 0. The molecule has 170 valence electrons. The zero-order chi connectivity index (χ0) is 22.3. The molecule has 0 unspecified atom stereocenters. The summed E-state index contributed by atoms with van der Waals surface area (Å²) in [5.74, 6) is 0.166. The number of carbonyl (C=O) groups is 2. The van der Waals surface area contributed by atoms with Gasteiger partial charge in [-0.3, -0.25) is 9.59 Å². The van der Waals surface area contributed by atoms with Crippen molar-refractivity contribution in [3.63, 3.8) is 0 Å². The second kappa shape index (κ2) is 10.7. The summed E-state index contributed by atoms with van der Waals surface area (Å²) in [7, 11) is 1.74. The SMILES string of the molecule is COC1CCN(C(=O)c2cccc(CCc3cccc(C(=O)N4CCOCC4)c3)c2)CC1. The number of rotatable bonds is 6. The largest absolute Gasteiger partial charge is 0.381 e. The maximum atomic E-state index is 12.9. The maximum Gasteiger partial charge on any atom is 0.254 e. The molecule has 0 saturated carbocycles. The van der Waals surface area contributed by atoms with Gasteiger partial charge in [-0.05, 0) is 61.1 Å². The maximum absolute atomic E-state index is 12.9. The molecule has 0 atom stereocenters. The van der Waals surface area contributed by atoms with Crippen molar-refractivity contribution in [2.45, 2.75) is 31.8 Å². The monoisotopic (exact) mass is 436 g/mol. The van der Waals surface area contributed by atoms with Crippen LogP contribution in [0.15, 0.2) is 48.5 Å². The van der Waals surface area contributed by atoms with E-state index in [0.29, 0.717) is 26.3 Å². The molecule has 2 fully saturated rings. The summed E-state index contributed by atoms with van der Waals surface area (Å²) < 4.78 is 10.8. The first-order valence-electron chi connectivity index (χ1n) is 11.5. The molecule has 6 heteroatoms. The van der Waals surface area contributed by atoms with Crippen LogP contribution >= 0.6 is 0 Å². The first-order chi connectivity index (χ1) is 15.6. The lowest BCUT2D eigenvalue weighted by molar-refractivity contribution is 0.0302. The molecule has 0 aliphatic carbocycles. The lowest BCUT2D eigenvalue weighted by Gasteiger charge is -2.31. The van der Waals surface area contributed by atoms with Crippen LogP contribution in [-0.4, -0.2) is 74.2 Å². The molecule has 0 radical (unpaired) electrons. The number of nitrogens with zero attached hydrogens (tertiary/aromatic N) is 2. The van der Waals surface area contributed by atoms with Crippen molar-refractivity contribution in [3.8, 4) is 0 Å². The topological polar surface area (TPSA) is 59.1 Å². The second-order valence-corrected chi connectivity index (χ2v) is 8.53. The number of carbonyl (C=O) groups excluding carboxylic acids is 2. The lowest BCUT2D eigenvalue weighted by Crippen LogP contribution is -2.40. The number of aryl methyl sites for hydroxylation is 2. The molecule has 2 aromatic carbocycles.